The molecule has 12 nitrogen and oxygen atoms in total. The highest BCUT2D eigenvalue weighted by Gasteiger charge is 2.37. The van der Waals surface area contributed by atoms with Gasteiger partial charge in [-0.25, -0.2) is 23.4 Å². The Hall–Kier alpha value is -4.18. The molecule has 1 atom stereocenters. The number of rotatable bonds is 7. The lowest BCUT2D eigenvalue weighted by Crippen LogP contribution is -2.39. The number of hydrogen-bond donors (Lipinski definition) is 2. The summed E-state index contributed by atoms with van der Waals surface area (Å²) in [5, 5.41) is 5.40. The molecule has 0 saturated carbocycles. The molecule has 2 N–H and O–H groups in total. The number of nitrogens with zero attached hydrogens (tertiary/aromatic N) is 4. The Bertz CT molecular complexity index is 1670. The Morgan fingerprint density at radius 1 is 1.16 bits per heavy atom. The lowest BCUT2D eigenvalue weighted by Gasteiger charge is -2.31. The van der Waals surface area contributed by atoms with Crippen LogP contribution >= 0.6 is 0 Å². The Balaban J connectivity index is 1.53. The summed E-state index contributed by atoms with van der Waals surface area (Å²) in [4.78, 5) is 26.4. The van der Waals surface area contributed by atoms with Crippen LogP contribution in [0.15, 0.2) is 41.6 Å². The maximum Gasteiger partial charge on any atom is 0.522 e. The highest BCUT2D eigenvalue weighted by atomic mass is 32.2. The lowest BCUT2D eigenvalue weighted by atomic mass is 10.1. The van der Waals surface area contributed by atoms with Crippen LogP contribution in [-0.2, 0) is 19.4 Å². The minimum Gasteiger partial charge on any atom is -0.479 e. The maximum absolute atomic E-state index is 12.8. The van der Waals surface area contributed by atoms with Gasteiger partial charge in [0.25, 0.3) is 5.88 Å². The van der Waals surface area contributed by atoms with E-state index in [0.717, 1.165) is 6.26 Å². The summed E-state index contributed by atoms with van der Waals surface area (Å²) < 4.78 is 79.3. The Labute approximate surface area is 245 Å². The fourth-order valence-electron chi connectivity index (χ4n) is 4.65. The van der Waals surface area contributed by atoms with Gasteiger partial charge in [-0.2, -0.15) is 0 Å². The van der Waals surface area contributed by atoms with E-state index in [9.17, 15) is 26.4 Å². The topological polar surface area (TPSA) is 145 Å². The van der Waals surface area contributed by atoms with Crippen LogP contribution in [0.1, 0.15) is 27.2 Å². The smallest absolute Gasteiger partial charge is 0.479 e. The predicted octanol–water partition coefficient (Wildman–Crippen LogP) is 4.31. The van der Waals surface area contributed by atoms with Crippen LogP contribution in [0.25, 0.3) is 11.3 Å². The number of aromatic nitrogens is 3. The zero-order valence-electron chi connectivity index (χ0n) is 23.7. The van der Waals surface area contributed by atoms with Crippen LogP contribution in [0.5, 0.6) is 11.6 Å². The van der Waals surface area contributed by atoms with Crippen LogP contribution in [-0.4, -0.2) is 73.3 Å². The molecule has 1 saturated heterocycles. The van der Waals surface area contributed by atoms with Gasteiger partial charge in [0, 0.05) is 55.8 Å². The van der Waals surface area contributed by atoms with Crippen LogP contribution < -0.4 is 25.0 Å². The number of fused-ring (bicyclic) bond motifs is 1. The van der Waals surface area contributed by atoms with E-state index in [2.05, 4.69) is 30.3 Å². The van der Waals surface area contributed by atoms with Crippen LogP contribution in [0.3, 0.4) is 0 Å². The molecule has 0 aromatic carbocycles. The number of sulfone groups is 1. The molecule has 5 heterocycles. The lowest BCUT2D eigenvalue weighted by molar-refractivity contribution is -0.339. The first kappa shape index (κ1) is 30.3. The zero-order valence-corrected chi connectivity index (χ0v) is 24.5. The van der Waals surface area contributed by atoms with E-state index < -0.39 is 27.9 Å². The van der Waals surface area contributed by atoms with E-state index in [1.54, 1.807) is 17.0 Å². The van der Waals surface area contributed by atoms with Gasteiger partial charge in [-0.3, -0.25) is 9.53 Å². The van der Waals surface area contributed by atoms with Crippen molar-refractivity contribution in [1.29, 1.82) is 0 Å². The highest BCUT2D eigenvalue weighted by Crippen LogP contribution is 2.38. The molecule has 43 heavy (non-hydrogen) atoms. The second kappa shape index (κ2) is 11.1. The third-order valence-electron chi connectivity index (χ3n) is 6.49. The fourth-order valence-corrected chi connectivity index (χ4v) is 5.25. The van der Waals surface area contributed by atoms with Crippen molar-refractivity contribution in [3.8, 4) is 22.9 Å². The normalized spacial score (nSPS) is 17.9. The van der Waals surface area contributed by atoms with E-state index in [4.69, 9.17) is 9.47 Å². The van der Waals surface area contributed by atoms with Crippen molar-refractivity contribution >= 4 is 38.8 Å². The number of carbonyl (C=O) groups excluding carboxylic acids is 1. The van der Waals surface area contributed by atoms with E-state index in [-0.39, 0.29) is 54.6 Å². The largest absolute Gasteiger partial charge is 0.522 e. The summed E-state index contributed by atoms with van der Waals surface area (Å²) in [5.41, 5.74) is 1.04. The summed E-state index contributed by atoms with van der Waals surface area (Å²) in [6.07, 6.45) is -3.34. The molecule has 16 heteroatoms. The van der Waals surface area contributed by atoms with Gasteiger partial charge in [-0.05, 0) is 38.5 Å². The Kier molecular flexibility index (Phi) is 7.85. The van der Waals surface area contributed by atoms with Crippen molar-refractivity contribution < 1.29 is 40.6 Å². The van der Waals surface area contributed by atoms with Crippen molar-refractivity contribution in [2.75, 3.05) is 41.5 Å². The average Bonchev–Trinajstić information content (AvgIpc) is 3.34. The van der Waals surface area contributed by atoms with Crippen LogP contribution in [0.4, 0.5) is 36.2 Å². The van der Waals surface area contributed by atoms with Gasteiger partial charge in [-0.15, -0.1) is 13.2 Å². The van der Waals surface area contributed by atoms with Gasteiger partial charge in [0.15, 0.2) is 20.6 Å². The first-order valence-electron chi connectivity index (χ1n) is 13.1. The van der Waals surface area contributed by atoms with Gasteiger partial charge in [0.05, 0.1) is 17.5 Å². The molecule has 0 aliphatic carbocycles. The Morgan fingerprint density at radius 2 is 1.93 bits per heavy atom. The molecule has 0 spiro atoms. The standard InChI is InChI=1S/C27H29F3N6O6S/c1-15(37)32-22-11-20(18(12-31-22)19-5-6-21-25(34-19)40-14-26(2,3)42-21)33-23-9-16(10-24(35-23)43(4,38)39)36-8-7-17(13-36)41-27(28,29)30/h5-6,9-12,17H,7-8,13-14H2,1-4H3,(H2,31,32,33,35,37). The number of carbonyl (C=O) groups is 1. The monoisotopic (exact) mass is 622 g/mol. The first-order valence-corrected chi connectivity index (χ1v) is 15.0. The van der Waals surface area contributed by atoms with E-state index >= 15 is 0 Å². The molecule has 230 valence electrons. The molecule has 1 amide bonds. The number of nitrogens with one attached hydrogen (secondary N) is 2. The third kappa shape index (κ3) is 7.43. The minimum atomic E-state index is -4.79. The molecule has 2 aliphatic heterocycles. The maximum atomic E-state index is 12.8. The SMILES string of the molecule is CC(=O)Nc1cc(Nc2cc(N3CCC(OC(F)(F)F)C3)cc(S(C)(=O)=O)n2)c(-c2ccc3c(n2)OCC(C)(C)O3)cn1. The second-order valence-electron chi connectivity index (χ2n) is 10.8. The number of anilines is 4. The summed E-state index contributed by atoms with van der Waals surface area (Å²) in [6, 6.07) is 7.75. The fraction of sp³-hybridized carbons (Fsp3) is 0.407. The van der Waals surface area contributed by atoms with Crippen molar-refractivity contribution in [1.82, 2.24) is 15.0 Å². The minimum absolute atomic E-state index is 0.0821. The summed E-state index contributed by atoms with van der Waals surface area (Å²) >= 11 is 0. The summed E-state index contributed by atoms with van der Waals surface area (Å²) in [5.74, 6) is 0.652. The number of pyridine rings is 3. The quantitative estimate of drug-likeness (QED) is 0.389. The van der Waals surface area contributed by atoms with Crippen molar-refractivity contribution in [2.24, 2.45) is 0 Å². The van der Waals surface area contributed by atoms with E-state index in [0.29, 0.717) is 28.4 Å². The molecule has 3 aromatic rings. The second-order valence-corrected chi connectivity index (χ2v) is 12.8. The number of ether oxygens (including phenoxy) is 3. The number of amides is 1. The van der Waals surface area contributed by atoms with E-state index in [1.807, 2.05) is 13.8 Å². The van der Waals surface area contributed by atoms with Gasteiger partial charge in [-0.1, -0.05) is 0 Å². The molecule has 1 unspecified atom stereocenters. The van der Waals surface area contributed by atoms with Crippen molar-refractivity contribution in [2.45, 2.75) is 50.3 Å². The van der Waals surface area contributed by atoms with E-state index in [1.165, 1.54) is 31.3 Å². The summed E-state index contributed by atoms with van der Waals surface area (Å²) in [6.45, 7) is 5.47. The van der Waals surface area contributed by atoms with Gasteiger partial charge in [0.2, 0.25) is 5.91 Å². The van der Waals surface area contributed by atoms with Crippen molar-refractivity contribution in [3.05, 3.63) is 36.5 Å². The molecule has 1 fully saturated rings. The van der Waals surface area contributed by atoms with Crippen LogP contribution in [0.2, 0.25) is 0 Å². The van der Waals surface area contributed by atoms with Gasteiger partial charge >= 0.3 is 6.36 Å². The molecule has 0 bridgehead atoms. The average molecular weight is 623 g/mol. The zero-order chi connectivity index (χ0) is 31.2. The molecular formula is C27H29F3N6O6S. The predicted molar refractivity (Wildman–Crippen MR) is 150 cm³/mol. The molecule has 2 aliphatic rings. The molecule has 3 aromatic heterocycles. The Morgan fingerprint density at radius 3 is 2.63 bits per heavy atom. The highest BCUT2D eigenvalue weighted by molar-refractivity contribution is 7.90. The first-order chi connectivity index (χ1) is 20.0. The number of halogens is 3. The summed E-state index contributed by atoms with van der Waals surface area (Å²) in [7, 11) is -3.82. The molecule has 0 radical (unpaired) electrons. The molecular weight excluding hydrogens is 593 g/mol. The van der Waals surface area contributed by atoms with Gasteiger partial charge < -0.3 is 25.0 Å². The number of hydrogen-bond acceptors (Lipinski definition) is 11. The van der Waals surface area contributed by atoms with Crippen molar-refractivity contribution in [3.63, 3.8) is 0 Å². The molecule has 5 rings (SSSR count). The van der Waals surface area contributed by atoms with Crippen LogP contribution in [0, 0.1) is 0 Å². The van der Waals surface area contributed by atoms with Gasteiger partial charge in [0.1, 0.15) is 23.8 Å². The number of alkyl halides is 3. The third-order valence-corrected chi connectivity index (χ3v) is 7.46.